The van der Waals surface area contributed by atoms with Crippen molar-refractivity contribution in [2.45, 2.75) is 30.7 Å². The summed E-state index contributed by atoms with van der Waals surface area (Å²) in [4.78, 5) is 12.8. The molecule has 0 bridgehead atoms. The van der Waals surface area contributed by atoms with Gasteiger partial charge in [0, 0.05) is 11.6 Å². The van der Waals surface area contributed by atoms with Gasteiger partial charge in [0.05, 0.1) is 6.61 Å². The highest BCUT2D eigenvalue weighted by molar-refractivity contribution is 5.93. The van der Waals surface area contributed by atoms with Gasteiger partial charge < -0.3 is 54.7 Å². The fourth-order valence-corrected chi connectivity index (χ4v) is 3.51. The summed E-state index contributed by atoms with van der Waals surface area (Å²) in [5.41, 5.74) is -1.45. The van der Waals surface area contributed by atoms with Gasteiger partial charge in [-0.3, -0.25) is 4.79 Å². The Kier molecular flexibility index (Phi) is 5.78. The lowest BCUT2D eigenvalue weighted by atomic mass is 9.99. The van der Waals surface area contributed by atoms with Crippen molar-refractivity contribution in [3.05, 3.63) is 40.6 Å². The Bertz CT molecular complexity index is 1230. The van der Waals surface area contributed by atoms with Crippen molar-refractivity contribution in [2.75, 3.05) is 6.61 Å². The van der Waals surface area contributed by atoms with Crippen LogP contribution in [0.2, 0.25) is 0 Å². The zero-order chi connectivity index (χ0) is 24.0. The minimum atomic E-state index is -1.84. The van der Waals surface area contributed by atoms with Gasteiger partial charge in [0.25, 0.3) is 0 Å². The predicted octanol–water partition coefficient (Wildman–Crippen LogP) is -0.539. The van der Waals surface area contributed by atoms with Gasteiger partial charge in [-0.05, 0) is 24.3 Å². The van der Waals surface area contributed by atoms with Crippen LogP contribution in [0.5, 0.6) is 28.7 Å². The number of aromatic hydroxyl groups is 4. The molecule has 1 aromatic heterocycles. The topological polar surface area (TPSA) is 211 Å². The Balaban J connectivity index is 1.88. The van der Waals surface area contributed by atoms with Gasteiger partial charge in [0.15, 0.2) is 17.1 Å². The molecule has 0 spiro atoms. The van der Waals surface area contributed by atoms with Gasteiger partial charge in [-0.1, -0.05) is 0 Å². The van der Waals surface area contributed by atoms with E-state index in [1.54, 1.807) is 0 Å². The van der Waals surface area contributed by atoms with E-state index in [4.69, 9.17) is 13.9 Å². The summed E-state index contributed by atoms with van der Waals surface area (Å²) < 4.78 is 16.3. The Morgan fingerprint density at radius 1 is 0.909 bits per heavy atom. The van der Waals surface area contributed by atoms with E-state index in [1.165, 1.54) is 24.3 Å². The van der Waals surface area contributed by atoms with Crippen LogP contribution in [0.1, 0.15) is 0 Å². The summed E-state index contributed by atoms with van der Waals surface area (Å²) >= 11 is 0. The largest absolute Gasteiger partial charge is 0.508 e. The van der Waals surface area contributed by atoms with Crippen molar-refractivity contribution in [2.24, 2.45) is 0 Å². The number of hydrogen-bond donors (Lipinski definition) is 8. The number of phenolic OH excluding ortho intramolecular Hbond substituents is 3. The average molecular weight is 464 g/mol. The van der Waals surface area contributed by atoms with Gasteiger partial charge in [0.2, 0.25) is 23.2 Å². The molecule has 1 aliphatic rings. The predicted molar refractivity (Wildman–Crippen MR) is 109 cm³/mol. The summed E-state index contributed by atoms with van der Waals surface area (Å²) in [5, 5.41) is 79.3. The highest BCUT2D eigenvalue weighted by Crippen LogP contribution is 2.43. The van der Waals surface area contributed by atoms with Crippen LogP contribution in [0.15, 0.2) is 39.5 Å². The third-order valence-electron chi connectivity index (χ3n) is 5.27. The lowest BCUT2D eigenvalue weighted by molar-refractivity contribution is -0.277. The summed E-state index contributed by atoms with van der Waals surface area (Å²) in [6.45, 7) is -0.735. The molecule has 176 valence electrons. The van der Waals surface area contributed by atoms with Crippen LogP contribution < -0.4 is 10.2 Å². The van der Waals surface area contributed by atoms with Crippen LogP contribution in [0, 0.1) is 0 Å². The number of benzene rings is 2. The molecule has 2 heterocycles. The molecule has 0 aliphatic carbocycles. The lowest BCUT2D eigenvalue weighted by Crippen LogP contribution is -2.60. The van der Waals surface area contributed by atoms with Gasteiger partial charge in [0.1, 0.15) is 41.3 Å². The van der Waals surface area contributed by atoms with E-state index in [9.17, 15) is 45.6 Å². The zero-order valence-corrected chi connectivity index (χ0v) is 16.7. The number of fused-ring (bicyclic) bond motifs is 1. The van der Waals surface area contributed by atoms with Gasteiger partial charge in [-0.25, -0.2) is 0 Å². The van der Waals surface area contributed by atoms with Crippen LogP contribution in [0.4, 0.5) is 0 Å². The molecule has 0 saturated carbocycles. The van der Waals surface area contributed by atoms with E-state index in [1.807, 2.05) is 0 Å². The average Bonchev–Trinajstić information content (AvgIpc) is 2.78. The van der Waals surface area contributed by atoms with Crippen LogP contribution in [-0.4, -0.2) is 78.2 Å². The fraction of sp³-hybridized carbons (Fsp3) is 0.286. The van der Waals surface area contributed by atoms with Crippen molar-refractivity contribution in [3.63, 3.8) is 0 Å². The third-order valence-corrected chi connectivity index (χ3v) is 5.27. The maximum atomic E-state index is 12.8. The van der Waals surface area contributed by atoms with Gasteiger partial charge in [-0.2, -0.15) is 0 Å². The second-order valence-electron chi connectivity index (χ2n) is 7.42. The number of phenols is 3. The molecule has 12 nitrogen and oxygen atoms in total. The number of rotatable bonds is 4. The van der Waals surface area contributed by atoms with Crippen molar-refractivity contribution in [1.82, 2.24) is 0 Å². The van der Waals surface area contributed by atoms with E-state index >= 15 is 0 Å². The molecule has 1 fully saturated rings. The Hall–Kier alpha value is -3.55. The van der Waals surface area contributed by atoms with Crippen molar-refractivity contribution in [1.29, 1.82) is 0 Å². The summed E-state index contributed by atoms with van der Waals surface area (Å²) in [6.07, 6.45) is -8.34. The zero-order valence-electron chi connectivity index (χ0n) is 16.7. The Morgan fingerprint density at radius 2 is 1.58 bits per heavy atom. The molecule has 3 aromatic rings. The monoisotopic (exact) mass is 464 g/mol. The van der Waals surface area contributed by atoms with Crippen LogP contribution in [0.3, 0.4) is 0 Å². The number of aliphatic hydroxyl groups is 4. The molecule has 1 saturated heterocycles. The molecule has 5 atom stereocenters. The maximum absolute atomic E-state index is 12.8. The minimum Gasteiger partial charge on any atom is -0.508 e. The first-order valence-corrected chi connectivity index (χ1v) is 9.65. The minimum absolute atomic E-state index is 0.0942. The summed E-state index contributed by atoms with van der Waals surface area (Å²) in [5.74, 6) is -3.43. The van der Waals surface area contributed by atoms with E-state index in [-0.39, 0.29) is 17.1 Å². The summed E-state index contributed by atoms with van der Waals surface area (Å²) in [6, 6.07) is 5.94. The molecule has 8 N–H and O–H groups in total. The van der Waals surface area contributed by atoms with Crippen LogP contribution >= 0.6 is 0 Å². The summed E-state index contributed by atoms with van der Waals surface area (Å²) in [7, 11) is 0. The Morgan fingerprint density at radius 3 is 2.21 bits per heavy atom. The molecule has 2 aromatic carbocycles. The highest BCUT2D eigenvalue weighted by Gasteiger charge is 2.45. The SMILES string of the molecule is O=c1c(O)c(-c2ccc(O)cc2)oc2c(O[C@@H]3O[C@H](CO)[C@@H](O)[C@H](O)[C@H]3O)c(O)cc(O)c12. The smallest absolute Gasteiger partial charge is 0.238 e. The second kappa shape index (κ2) is 8.42. The molecule has 0 amide bonds. The first-order chi connectivity index (χ1) is 15.6. The first kappa shape index (κ1) is 22.6. The normalized spacial score (nSPS) is 25.3. The van der Waals surface area contributed by atoms with E-state index in [0.29, 0.717) is 0 Å². The standard InChI is InChI=1S/C21H20O12/c22-6-11-13(26)15(28)17(30)21(31-11)33-19-10(25)5-9(24)12-14(27)16(29)18(32-20(12)19)7-1-3-8(23)4-2-7/h1-5,11,13,15,17,21-26,28-30H,6H2/t11-,13-,15+,17-,21+/m1/s1. The van der Waals surface area contributed by atoms with Gasteiger partial charge >= 0.3 is 0 Å². The van der Waals surface area contributed by atoms with Crippen molar-refractivity contribution >= 4 is 11.0 Å². The maximum Gasteiger partial charge on any atom is 0.238 e. The van der Waals surface area contributed by atoms with Gasteiger partial charge in [-0.15, -0.1) is 0 Å². The number of hydrogen-bond acceptors (Lipinski definition) is 12. The van der Waals surface area contributed by atoms with E-state index < -0.39 is 76.7 Å². The molecular formula is C21H20O12. The second-order valence-corrected chi connectivity index (χ2v) is 7.42. The molecular weight excluding hydrogens is 444 g/mol. The first-order valence-electron chi connectivity index (χ1n) is 9.65. The fourth-order valence-electron chi connectivity index (χ4n) is 3.51. The quantitative estimate of drug-likeness (QED) is 0.245. The molecule has 0 unspecified atom stereocenters. The Labute approximate surface area is 184 Å². The lowest BCUT2D eigenvalue weighted by Gasteiger charge is -2.39. The molecule has 12 heteroatoms. The highest BCUT2D eigenvalue weighted by atomic mass is 16.7. The number of aliphatic hydroxyl groups excluding tert-OH is 4. The molecule has 1 aliphatic heterocycles. The van der Waals surface area contributed by atoms with Crippen molar-refractivity contribution in [3.8, 4) is 40.1 Å². The third kappa shape index (κ3) is 3.79. The number of ether oxygens (including phenoxy) is 2. The van der Waals surface area contributed by atoms with E-state index in [0.717, 1.165) is 6.07 Å². The van der Waals surface area contributed by atoms with Crippen LogP contribution in [0.25, 0.3) is 22.3 Å². The molecule has 0 radical (unpaired) electrons. The van der Waals surface area contributed by atoms with Crippen LogP contribution in [-0.2, 0) is 4.74 Å². The van der Waals surface area contributed by atoms with E-state index in [2.05, 4.69) is 0 Å². The molecule has 33 heavy (non-hydrogen) atoms. The van der Waals surface area contributed by atoms with Crippen molar-refractivity contribution < 1.29 is 54.7 Å². The molecule has 4 rings (SSSR count).